The first-order chi connectivity index (χ1) is 12.6. The van der Waals surface area contributed by atoms with Crippen LogP contribution in [0.5, 0.6) is 0 Å². The van der Waals surface area contributed by atoms with Crippen molar-refractivity contribution in [2.75, 3.05) is 6.54 Å². The molecule has 4 aliphatic carbocycles. The second-order valence-electron chi connectivity index (χ2n) is 8.81. The molecule has 4 saturated carbocycles. The van der Waals surface area contributed by atoms with Gasteiger partial charge in [0.05, 0.1) is 16.0 Å². The highest BCUT2D eigenvalue weighted by Gasteiger charge is 2.54. The molecule has 0 N–H and O–H groups in total. The van der Waals surface area contributed by atoms with E-state index in [1.54, 1.807) is 24.1 Å². The predicted octanol–water partition coefficient (Wildman–Crippen LogP) is 4.24. The van der Waals surface area contributed by atoms with Crippen molar-refractivity contribution in [3.63, 3.8) is 0 Å². The summed E-state index contributed by atoms with van der Waals surface area (Å²) in [4.78, 5) is 15.5. The third kappa shape index (κ3) is 2.13. The second-order valence-corrected chi connectivity index (χ2v) is 9.80. The summed E-state index contributed by atoms with van der Waals surface area (Å²) in [5.74, 6) is 2.81. The summed E-state index contributed by atoms with van der Waals surface area (Å²) in [6.07, 6.45) is 8.45. The van der Waals surface area contributed by atoms with Crippen LogP contribution in [-0.2, 0) is 6.54 Å². The molecule has 0 radical (unpaired) electrons. The summed E-state index contributed by atoms with van der Waals surface area (Å²) >= 11 is 1.80. The van der Waals surface area contributed by atoms with Gasteiger partial charge in [0, 0.05) is 30.8 Å². The van der Waals surface area contributed by atoms with Crippen molar-refractivity contribution in [1.29, 1.82) is 0 Å². The van der Waals surface area contributed by atoms with Crippen LogP contribution in [0, 0.1) is 27.9 Å². The second kappa shape index (κ2) is 5.23. The number of nitro benzene ring substituents is 1. The van der Waals surface area contributed by atoms with Crippen LogP contribution in [0.25, 0.3) is 11.0 Å². The number of aromatic nitrogens is 2. The smallest absolute Gasteiger partial charge is 0.271 e. The first-order valence-corrected chi connectivity index (χ1v) is 10.5. The summed E-state index contributed by atoms with van der Waals surface area (Å²) in [6.45, 7) is 1.98. The minimum atomic E-state index is -0.341. The first-order valence-electron chi connectivity index (χ1n) is 9.70. The molecule has 4 bridgehead atoms. The van der Waals surface area contributed by atoms with Gasteiger partial charge in [-0.3, -0.25) is 10.1 Å². The first kappa shape index (κ1) is 15.5. The van der Waals surface area contributed by atoms with Gasteiger partial charge in [-0.15, -0.1) is 0 Å². The number of nitrogens with zero attached hydrogens (tertiary/aromatic N) is 4. The van der Waals surface area contributed by atoms with Gasteiger partial charge >= 0.3 is 0 Å². The fourth-order valence-corrected chi connectivity index (χ4v) is 7.75. The maximum atomic E-state index is 11.1. The third-order valence-electron chi connectivity index (χ3n) is 7.16. The van der Waals surface area contributed by atoms with E-state index < -0.39 is 0 Å². The molecule has 0 amide bonds. The van der Waals surface area contributed by atoms with Gasteiger partial charge in [0.15, 0.2) is 5.16 Å². The zero-order valence-corrected chi connectivity index (χ0v) is 15.5. The molecule has 1 aromatic carbocycles. The van der Waals surface area contributed by atoms with Crippen LogP contribution >= 0.6 is 11.9 Å². The highest BCUT2D eigenvalue weighted by Crippen LogP contribution is 2.59. The van der Waals surface area contributed by atoms with Crippen LogP contribution in [0.15, 0.2) is 23.4 Å². The summed E-state index contributed by atoms with van der Waals surface area (Å²) < 4.78 is 4.88. The van der Waals surface area contributed by atoms with Crippen LogP contribution in [0.2, 0.25) is 0 Å². The summed E-state index contributed by atoms with van der Waals surface area (Å²) in [6, 6.07) is 5.05. The zero-order valence-electron chi connectivity index (χ0n) is 14.6. The molecular formula is C19H22N4O2S. The Morgan fingerprint density at radius 2 is 1.81 bits per heavy atom. The maximum Gasteiger partial charge on any atom is 0.271 e. The number of non-ortho nitro benzene ring substituents is 1. The summed E-state index contributed by atoms with van der Waals surface area (Å²) in [5, 5.41) is 12.1. The lowest BCUT2D eigenvalue weighted by atomic mass is 9.53. The van der Waals surface area contributed by atoms with Crippen molar-refractivity contribution in [3.05, 3.63) is 28.3 Å². The monoisotopic (exact) mass is 370 g/mol. The molecule has 7 rings (SSSR count). The topological polar surface area (TPSA) is 64.2 Å². The molecule has 7 heteroatoms. The standard InChI is InChI=1S/C19H22N4O2S/c24-23(25)15-1-2-17-16(8-15)20-18-21(17)3-4-22(26-18)19-9-12-5-13(10-19)7-14(6-12)11-19/h1-2,8,12-14H,3-7,9-11H2. The molecule has 5 aliphatic rings. The van der Waals surface area contributed by atoms with Crippen molar-refractivity contribution < 1.29 is 4.92 Å². The van der Waals surface area contributed by atoms with Gasteiger partial charge in [-0.2, -0.15) is 0 Å². The van der Waals surface area contributed by atoms with E-state index in [0.717, 1.165) is 47.0 Å². The lowest BCUT2D eigenvalue weighted by Gasteiger charge is -2.60. The Morgan fingerprint density at radius 1 is 1.12 bits per heavy atom. The van der Waals surface area contributed by atoms with Crippen molar-refractivity contribution >= 4 is 28.7 Å². The van der Waals surface area contributed by atoms with Crippen molar-refractivity contribution in [3.8, 4) is 0 Å². The number of hydrogen-bond donors (Lipinski definition) is 0. The van der Waals surface area contributed by atoms with Crippen LogP contribution in [0.4, 0.5) is 5.69 Å². The van der Waals surface area contributed by atoms with Crippen LogP contribution < -0.4 is 0 Å². The van der Waals surface area contributed by atoms with Gasteiger partial charge in [0.1, 0.15) is 0 Å². The van der Waals surface area contributed by atoms with Crippen molar-refractivity contribution in [2.45, 2.75) is 55.8 Å². The fourth-order valence-electron chi connectivity index (χ4n) is 6.53. The maximum absolute atomic E-state index is 11.1. The number of rotatable bonds is 2. The molecule has 136 valence electrons. The Hall–Kier alpha value is -1.60. The highest BCUT2D eigenvalue weighted by molar-refractivity contribution is 7.97. The fraction of sp³-hybridized carbons (Fsp3) is 0.632. The van der Waals surface area contributed by atoms with E-state index in [0.29, 0.717) is 5.54 Å². The molecule has 0 unspecified atom stereocenters. The molecule has 2 aromatic rings. The molecule has 0 atom stereocenters. The number of hydrogen-bond acceptors (Lipinski definition) is 5. The largest absolute Gasteiger partial charge is 0.317 e. The average Bonchev–Trinajstić information content (AvgIpc) is 2.97. The minimum absolute atomic E-state index is 0.121. The van der Waals surface area contributed by atoms with E-state index in [1.165, 1.54) is 38.5 Å². The van der Waals surface area contributed by atoms with E-state index in [4.69, 9.17) is 4.98 Å². The molecule has 6 nitrogen and oxygen atoms in total. The lowest BCUT2D eigenvalue weighted by Crippen LogP contribution is -2.59. The summed E-state index contributed by atoms with van der Waals surface area (Å²) in [5.41, 5.74) is 2.25. The molecule has 1 aromatic heterocycles. The van der Waals surface area contributed by atoms with E-state index in [9.17, 15) is 10.1 Å². The average molecular weight is 370 g/mol. The van der Waals surface area contributed by atoms with Gasteiger partial charge in [-0.25, -0.2) is 9.29 Å². The van der Waals surface area contributed by atoms with Crippen molar-refractivity contribution in [2.24, 2.45) is 17.8 Å². The number of fused-ring (bicyclic) bond motifs is 3. The van der Waals surface area contributed by atoms with Crippen molar-refractivity contribution in [1.82, 2.24) is 13.9 Å². The van der Waals surface area contributed by atoms with Crippen LogP contribution in [-0.4, -0.2) is 30.9 Å². The Kier molecular flexibility index (Phi) is 3.11. The Labute approximate surface area is 156 Å². The third-order valence-corrected chi connectivity index (χ3v) is 8.43. The van der Waals surface area contributed by atoms with E-state index in [-0.39, 0.29) is 10.6 Å². The van der Waals surface area contributed by atoms with Gasteiger partial charge in [0.2, 0.25) is 0 Å². The SMILES string of the molecule is O=[N+]([O-])c1ccc2c(c1)nc1n2CCN(C23CC4CC(CC(C4)C2)C3)S1. The Balaban J connectivity index is 1.35. The molecule has 4 fully saturated rings. The van der Waals surface area contributed by atoms with Crippen LogP contribution in [0.3, 0.4) is 0 Å². The zero-order chi connectivity index (χ0) is 17.5. The van der Waals surface area contributed by atoms with E-state index in [1.807, 2.05) is 6.07 Å². The predicted molar refractivity (Wildman–Crippen MR) is 99.9 cm³/mol. The van der Waals surface area contributed by atoms with Gasteiger partial charge in [-0.1, -0.05) is 0 Å². The molecule has 26 heavy (non-hydrogen) atoms. The number of imidazole rings is 1. The Morgan fingerprint density at radius 3 is 2.46 bits per heavy atom. The van der Waals surface area contributed by atoms with Gasteiger partial charge in [-0.05, 0) is 74.3 Å². The molecule has 2 heterocycles. The summed E-state index contributed by atoms with van der Waals surface area (Å²) in [7, 11) is 0. The van der Waals surface area contributed by atoms with E-state index >= 15 is 0 Å². The van der Waals surface area contributed by atoms with Crippen LogP contribution in [0.1, 0.15) is 38.5 Å². The van der Waals surface area contributed by atoms with Gasteiger partial charge in [0.25, 0.3) is 5.69 Å². The highest BCUT2D eigenvalue weighted by atomic mass is 32.2. The molecular weight excluding hydrogens is 348 g/mol. The minimum Gasteiger partial charge on any atom is -0.317 e. The molecule has 0 saturated heterocycles. The Bertz CT molecular complexity index is 888. The van der Waals surface area contributed by atoms with E-state index in [2.05, 4.69) is 8.87 Å². The molecule has 0 spiro atoms. The number of benzene rings is 1. The quantitative estimate of drug-likeness (QED) is 0.449. The normalized spacial score (nSPS) is 35.8. The lowest BCUT2D eigenvalue weighted by molar-refractivity contribution is -0.384. The molecule has 1 aliphatic heterocycles. The van der Waals surface area contributed by atoms with Gasteiger partial charge < -0.3 is 4.57 Å². The number of nitro groups is 1.